The molecule has 1 aliphatic carbocycles. The summed E-state index contributed by atoms with van der Waals surface area (Å²) in [5.74, 6) is 0.903. The highest BCUT2D eigenvalue weighted by atomic mass is 15.2. The van der Waals surface area contributed by atoms with E-state index in [1.807, 2.05) is 0 Å². The Kier molecular flexibility index (Phi) is 9.28. The maximum absolute atomic E-state index is 5.86. The fourth-order valence-corrected chi connectivity index (χ4v) is 10.5. The lowest BCUT2D eigenvalue weighted by Crippen LogP contribution is -2.16. The molecular formula is C63H44N4. The Morgan fingerprint density at radius 3 is 1.60 bits per heavy atom. The number of anilines is 5. The molecule has 67 heavy (non-hydrogen) atoms. The van der Waals surface area contributed by atoms with Gasteiger partial charge in [-0.2, -0.15) is 0 Å². The number of imidazole rings is 1. The first-order valence-electron chi connectivity index (χ1n) is 23.2. The van der Waals surface area contributed by atoms with E-state index >= 15 is 0 Å². The van der Waals surface area contributed by atoms with E-state index in [9.17, 15) is 0 Å². The van der Waals surface area contributed by atoms with Crippen molar-refractivity contribution in [2.75, 3.05) is 9.80 Å². The molecule has 0 aliphatic heterocycles. The number of fused-ring (bicyclic) bond motifs is 9. The van der Waals surface area contributed by atoms with Crippen molar-refractivity contribution < 1.29 is 0 Å². The summed E-state index contributed by atoms with van der Waals surface area (Å²) in [5, 5.41) is 11.7. The van der Waals surface area contributed by atoms with Gasteiger partial charge in [0.15, 0.2) is 0 Å². The van der Waals surface area contributed by atoms with Gasteiger partial charge < -0.3 is 9.80 Å². The topological polar surface area (TPSA) is 24.3 Å². The second kappa shape index (κ2) is 16.1. The molecule has 4 heteroatoms. The minimum absolute atomic E-state index is 0.903. The monoisotopic (exact) mass is 856 g/mol. The zero-order valence-corrected chi connectivity index (χ0v) is 36.8. The Morgan fingerprint density at radius 2 is 0.925 bits per heavy atom. The van der Waals surface area contributed by atoms with Crippen LogP contribution in [0.2, 0.25) is 0 Å². The van der Waals surface area contributed by atoms with Gasteiger partial charge in [-0.05, 0) is 112 Å². The van der Waals surface area contributed by atoms with E-state index in [1.165, 1.54) is 38.0 Å². The largest absolute Gasteiger partial charge is 0.310 e. The number of aromatic nitrogens is 2. The first-order chi connectivity index (χ1) is 33.3. The van der Waals surface area contributed by atoms with Crippen molar-refractivity contribution in [3.8, 4) is 17.1 Å². The van der Waals surface area contributed by atoms with Gasteiger partial charge in [0.05, 0.1) is 22.4 Å². The molecule has 0 amide bonds. The first kappa shape index (κ1) is 38.7. The lowest BCUT2D eigenvalue weighted by molar-refractivity contribution is 0.998. The van der Waals surface area contributed by atoms with Crippen LogP contribution in [0.5, 0.6) is 0 Å². The van der Waals surface area contributed by atoms with E-state index in [0.29, 0.717) is 0 Å². The summed E-state index contributed by atoms with van der Waals surface area (Å²) in [7, 11) is 0. The normalized spacial score (nSPS) is 12.7. The molecule has 0 radical (unpaired) electrons. The zero-order chi connectivity index (χ0) is 44.3. The van der Waals surface area contributed by atoms with Gasteiger partial charge in [0, 0.05) is 55.6 Å². The molecule has 0 unspecified atom stereocenters. The molecule has 1 aliphatic rings. The molecule has 0 bridgehead atoms. The van der Waals surface area contributed by atoms with Gasteiger partial charge in [-0.25, -0.2) is 4.98 Å². The van der Waals surface area contributed by atoms with Gasteiger partial charge >= 0.3 is 0 Å². The van der Waals surface area contributed by atoms with Crippen molar-refractivity contribution in [3.05, 3.63) is 248 Å². The van der Waals surface area contributed by atoms with Crippen molar-refractivity contribution in [3.63, 3.8) is 0 Å². The van der Waals surface area contributed by atoms with Crippen molar-refractivity contribution >= 4 is 93.3 Å². The van der Waals surface area contributed by atoms with Crippen LogP contribution < -0.4 is 9.80 Å². The van der Waals surface area contributed by atoms with Gasteiger partial charge in [-0.1, -0.05) is 176 Å². The molecule has 1 aromatic heterocycles. The number of allylic oxidation sites excluding steroid dienone is 3. The van der Waals surface area contributed by atoms with Crippen molar-refractivity contribution in [2.45, 2.75) is 12.8 Å². The van der Waals surface area contributed by atoms with Crippen LogP contribution in [0.1, 0.15) is 12.8 Å². The summed E-state index contributed by atoms with van der Waals surface area (Å²) in [4.78, 5) is 10.7. The minimum atomic E-state index is 0.903. The second-order valence-corrected chi connectivity index (χ2v) is 17.4. The summed E-state index contributed by atoms with van der Waals surface area (Å²) in [6.07, 6.45) is 8.99. The SMILES string of the molecule is C1=CC(N(c2ccc3c4ccc(N(c5ccccc5)c5cccc6ccccc56)cc4c4c(nc(-c5cccc6ccccc56)n4-c4ccccc4)c3c2)c2cccc3ccccc23)=CCC1. The van der Waals surface area contributed by atoms with E-state index in [4.69, 9.17) is 4.98 Å². The third-order valence-corrected chi connectivity index (χ3v) is 13.5. The molecule has 4 nitrogen and oxygen atoms in total. The van der Waals surface area contributed by atoms with E-state index in [1.54, 1.807) is 0 Å². The summed E-state index contributed by atoms with van der Waals surface area (Å²) in [5.41, 5.74) is 10.9. The number of hydrogen-bond acceptors (Lipinski definition) is 3. The molecule has 0 atom stereocenters. The molecular weight excluding hydrogens is 813 g/mol. The van der Waals surface area contributed by atoms with Crippen LogP contribution in [0.15, 0.2) is 248 Å². The third kappa shape index (κ3) is 6.48. The summed E-state index contributed by atoms with van der Waals surface area (Å²) < 4.78 is 2.41. The highest BCUT2D eigenvalue weighted by molar-refractivity contribution is 6.26. The maximum atomic E-state index is 5.86. The predicted molar refractivity (Wildman–Crippen MR) is 284 cm³/mol. The molecule has 13 rings (SSSR count). The molecule has 0 spiro atoms. The van der Waals surface area contributed by atoms with Crippen LogP contribution >= 0.6 is 0 Å². The number of para-hydroxylation sites is 2. The Bertz CT molecular complexity index is 3920. The molecule has 316 valence electrons. The van der Waals surface area contributed by atoms with Crippen LogP contribution in [0, 0.1) is 0 Å². The Hall–Kier alpha value is -8.73. The van der Waals surface area contributed by atoms with Crippen LogP contribution in [0.25, 0.3) is 82.0 Å². The first-order valence-corrected chi connectivity index (χ1v) is 23.2. The minimum Gasteiger partial charge on any atom is -0.310 e. The van der Waals surface area contributed by atoms with E-state index < -0.39 is 0 Å². The number of hydrogen-bond donors (Lipinski definition) is 0. The average molecular weight is 857 g/mol. The van der Waals surface area contributed by atoms with Crippen LogP contribution in [-0.4, -0.2) is 9.55 Å². The van der Waals surface area contributed by atoms with Gasteiger partial charge in [0.2, 0.25) is 0 Å². The third-order valence-electron chi connectivity index (χ3n) is 13.5. The van der Waals surface area contributed by atoms with Gasteiger partial charge in [-0.15, -0.1) is 0 Å². The highest BCUT2D eigenvalue weighted by Gasteiger charge is 2.25. The van der Waals surface area contributed by atoms with Crippen molar-refractivity contribution in [2.24, 2.45) is 0 Å². The number of rotatable bonds is 8. The Labute approximate surface area is 389 Å². The van der Waals surface area contributed by atoms with Gasteiger partial charge in [0.1, 0.15) is 5.82 Å². The van der Waals surface area contributed by atoms with E-state index in [2.05, 4.69) is 257 Å². The summed E-state index contributed by atoms with van der Waals surface area (Å²) in [6, 6.07) is 81.4. The van der Waals surface area contributed by atoms with Crippen LogP contribution in [0.4, 0.5) is 28.4 Å². The Balaban J connectivity index is 1.16. The molecule has 1 heterocycles. The van der Waals surface area contributed by atoms with Gasteiger partial charge in [0.25, 0.3) is 0 Å². The van der Waals surface area contributed by atoms with Crippen LogP contribution in [-0.2, 0) is 0 Å². The zero-order valence-electron chi connectivity index (χ0n) is 36.8. The standard InChI is InChI=1S/C63H44N4/c1-4-25-46(26-5-1)65(59-35-17-23-44-20-11-14-32-52(44)59)49-37-39-54-55-40-38-50(66(47-27-6-2-7-28-47)60-36-18-24-45-21-12-15-33-53(45)60)42-58(55)62-61(57(54)41-49)64-63(67(62)48-29-8-3-9-30-48)56-34-16-22-43-19-10-13-31-51(43)56/h2-4,6-42H,1,5H2. The quantitative estimate of drug-likeness (QED) is 0.142. The van der Waals surface area contributed by atoms with E-state index in [0.717, 1.165) is 90.9 Å². The molecule has 12 aromatic rings. The van der Waals surface area contributed by atoms with Crippen molar-refractivity contribution in [1.29, 1.82) is 0 Å². The Morgan fingerprint density at radius 1 is 0.388 bits per heavy atom. The van der Waals surface area contributed by atoms with Crippen molar-refractivity contribution in [1.82, 2.24) is 9.55 Å². The number of nitrogens with zero attached hydrogens (tertiary/aromatic N) is 4. The smallest absolute Gasteiger partial charge is 0.146 e. The second-order valence-electron chi connectivity index (χ2n) is 17.4. The fourth-order valence-electron chi connectivity index (χ4n) is 10.5. The molecule has 0 saturated heterocycles. The van der Waals surface area contributed by atoms with E-state index in [-0.39, 0.29) is 0 Å². The predicted octanol–water partition coefficient (Wildman–Crippen LogP) is 17.3. The molecule has 11 aromatic carbocycles. The maximum Gasteiger partial charge on any atom is 0.146 e. The highest BCUT2D eigenvalue weighted by Crippen LogP contribution is 2.47. The summed E-state index contributed by atoms with van der Waals surface area (Å²) >= 11 is 0. The lowest BCUT2D eigenvalue weighted by Gasteiger charge is -2.29. The molecule has 0 saturated carbocycles. The summed E-state index contributed by atoms with van der Waals surface area (Å²) in [6.45, 7) is 0. The lowest BCUT2D eigenvalue weighted by atomic mass is 9.97. The fraction of sp³-hybridized carbons (Fsp3) is 0.0317. The molecule has 0 fully saturated rings. The molecule has 0 N–H and O–H groups in total. The number of benzene rings is 11. The van der Waals surface area contributed by atoms with Crippen LogP contribution in [0.3, 0.4) is 0 Å². The van der Waals surface area contributed by atoms with Gasteiger partial charge in [-0.3, -0.25) is 4.57 Å². The average Bonchev–Trinajstić information content (AvgIpc) is 3.81.